The molecule has 122 valence electrons. The van der Waals surface area contributed by atoms with Gasteiger partial charge in [0.05, 0.1) is 13.2 Å². The number of carbonyl (C=O) groups excluding carboxylic acids is 1. The second-order valence-corrected chi connectivity index (χ2v) is 5.20. The third-order valence-electron chi connectivity index (χ3n) is 3.20. The van der Waals surface area contributed by atoms with Gasteiger partial charge in [-0.2, -0.15) is 0 Å². The minimum atomic E-state index is -1.41. The van der Waals surface area contributed by atoms with Gasteiger partial charge in [-0.1, -0.05) is 12.1 Å². The number of aryl methyl sites for hydroxylation is 1. The van der Waals surface area contributed by atoms with Crippen molar-refractivity contribution in [1.82, 2.24) is 5.32 Å². The Balaban J connectivity index is 2.53. The lowest BCUT2D eigenvalue weighted by atomic mass is 10.0. The monoisotopic (exact) mass is 309 g/mol. The number of carboxylic acids is 1. The maximum absolute atomic E-state index is 11.9. The van der Waals surface area contributed by atoms with Crippen LogP contribution in [0.2, 0.25) is 0 Å². The Morgan fingerprint density at radius 2 is 1.91 bits per heavy atom. The number of nitrogens with one attached hydrogen (secondary N) is 1. The standard InChI is InChI=1S/C16H23NO5/c1-4-22-13-8-5-12(6-9-13)7-10-14(18)17-16(2,11-21-3)15(19)20/h5-6,8-9H,4,7,10-11H2,1-3H3,(H,17,18)(H,19,20). The summed E-state index contributed by atoms with van der Waals surface area (Å²) < 4.78 is 10.2. The van der Waals surface area contributed by atoms with Gasteiger partial charge >= 0.3 is 5.97 Å². The van der Waals surface area contributed by atoms with E-state index in [0.717, 1.165) is 11.3 Å². The van der Waals surface area contributed by atoms with E-state index < -0.39 is 11.5 Å². The SMILES string of the molecule is CCOc1ccc(CCC(=O)NC(C)(COC)C(=O)O)cc1. The lowest BCUT2D eigenvalue weighted by molar-refractivity contribution is -0.149. The van der Waals surface area contributed by atoms with Gasteiger partial charge in [0.1, 0.15) is 5.75 Å². The zero-order chi connectivity index (χ0) is 16.6. The molecule has 2 N–H and O–H groups in total. The first kappa shape index (κ1) is 18.0. The average Bonchev–Trinajstić information content (AvgIpc) is 2.47. The van der Waals surface area contributed by atoms with Crippen LogP contribution in [0.5, 0.6) is 5.75 Å². The number of carboxylic acid groups (broad SMARTS) is 1. The van der Waals surface area contributed by atoms with Crippen LogP contribution in [0.3, 0.4) is 0 Å². The lowest BCUT2D eigenvalue weighted by Crippen LogP contribution is -2.55. The van der Waals surface area contributed by atoms with Crippen LogP contribution in [-0.2, 0) is 20.7 Å². The van der Waals surface area contributed by atoms with Crippen molar-refractivity contribution in [2.24, 2.45) is 0 Å². The summed E-state index contributed by atoms with van der Waals surface area (Å²) in [5.74, 6) is -0.658. The zero-order valence-electron chi connectivity index (χ0n) is 13.2. The van der Waals surface area contributed by atoms with Crippen molar-refractivity contribution in [2.75, 3.05) is 20.3 Å². The van der Waals surface area contributed by atoms with Crippen LogP contribution in [-0.4, -0.2) is 42.8 Å². The highest BCUT2D eigenvalue weighted by atomic mass is 16.5. The molecule has 0 aromatic heterocycles. The number of aliphatic carboxylic acids is 1. The molecule has 0 bridgehead atoms. The first-order valence-electron chi connectivity index (χ1n) is 7.16. The Bertz CT molecular complexity index is 500. The van der Waals surface area contributed by atoms with Gasteiger partial charge in [-0.15, -0.1) is 0 Å². The van der Waals surface area contributed by atoms with Crippen LogP contribution in [0, 0.1) is 0 Å². The van der Waals surface area contributed by atoms with E-state index in [1.807, 2.05) is 31.2 Å². The van der Waals surface area contributed by atoms with Crippen LogP contribution in [0.4, 0.5) is 0 Å². The zero-order valence-corrected chi connectivity index (χ0v) is 13.2. The van der Waals surface area contributed by atoms with Crippen molar-refractivity contribution >= 4 is 11.9 Å². The molecule has 1 atom stereocenters. The van der Waals surface area contributed by atoms with Crippen LogP contribution >= 0.6 is 0 Å². The van der Waals surface area contributed by atoms with Crippen LogP contribution in [0.1, 0.15) is 25.8 Å². The summed E-state index contributed by atoms with van der Waals surface area (Å²) in [4.78, 5) is 23.1. The molecular weight excluding hydrogens is 286 g/mol. The molecule has 0 spiro atoms. The van der Waals surface area contributed by atoms with Gasteiger partial charge in [-0.05, 0) is 38.0 Å². The van der Waals surface area contributed by atoms with Gasteiger partial charge in [0.15, 0.2) is 5.54 Å². The fourth-order valence-electron chi connectivity index (χ4n) is 1.99. The maximum atomic E-state index is 11.9. The molecule has 0 radical (unpaired) electrons. The number of ether oxygens (including phenoxy) is 2. The molecule has 6 heteroatoms. The van der Waals surface area contributed by atoms with Crippen molar-refractivity contribution in [3.05, 3.63) is 29.8 Å². The van der Waals surface area contributed by atoms with Gasteiger partial charge in [-0.3, -0.25) is 4.79 Å². The highest BCUT2D eigenvalue weighted by molar-refractivity contribution is 5.86. The summed E-state index contributed by atoms with van der Waals surface area (Å²) in [7, 11) is 1.40. The minimum Gasteiger partial charge on any atom is -0.494 e. The predicted molar refractivity (Wildman–Crippen MR) is 82.0 cm³/mol. The smallest absolute Gasteiger partial charge is 0.331 e. The molecule has 1 aromatic carbocycles. The maximum Gasteiger partial charge on any atom is 0.331 e. The summed E-state index contributed by atoms with van der Waals surface area (Å²) in [6, 6.07) is 7.49. The molecule has 0 aliphatic carbocycles. The van der Waals surface area contributed by atoms with E-state index in [-0.39, 0.29) is 18.9 Å². The van der Waals surface area contributed by atoms with Crippen molar-refractivity contribution in [3.63, 3.8) is 0 Å². The fourth-order valence-corrected chi connectivity index (χ4v) is 1.99. The molecule has 1 amide bonds. The van der Waals surface area contributed by atoms with Crippen molar-refractivity contribution in [3.8, 4) is 5.75 Å². The molecule has 0 aliphatic rings. The quantitative estimate of drug-likeness (QED) is 0.724. The molecule has 6 nitrogen and oxygen atoms in total. The first-order chi connectivity index (χ1) is 10.4. The van der Waals surface area contributed by atoms with Crippen LogP contribution < -0.4 is 10.1 Å². The molecule has 0 fully saturated rings. The molecule has 1 rings (SSSR count). The van der Waals surface area contributed by atoms with E-state index in [0.29, 0.717) is 13.0 Å². The van der Waals surface area contributed by atoms with Gasteiger partial charge in [-0.25, -0.2) is 4.79 Å². The second kappa shape index (κ2) is 8.38. The van der Waals surface area contributed by atoms with E-state index in [1.54, 1.807) is 0 Å². The molecule has 22 heavy (non-hydrogen) atoms. The van der Waals surface area contributed by atoms with E-state index in [1.165, 1.54) is 14.0 Å². The van der Waals surface area contributed by atoms with Crippen molar-refractivity contribution in [2.45, 2.75) is 32.2 Å². The number of hydrogen-bond acceptors (Lipinski definition) is 4. The number of methoxy groups -OCH3 is 1. The van der Waals surface area contributed by atoms with E-state index in [9.17, 15) is 14.7 Å². The van der Waals surface area contributed by atoms with Crippen LogP contribution in [0.15, 0.2) is 24.3 Å². The summed E-state index contributed by atoms with van der Waals surface area (Å²) in [5, 5.41) is 11.7. The number of hydrogen-bond donors (Lipinski definition) is 2. The van der Waals surface area contributed by atoms with Gasteiger partial charge in [0, 0.05) is 13.5 Å². The van der Waals surface area contributed by atoms with E-state index in [4.69, 9.17) is 9.47 Å². The molecule has 0 saturated carbocycles. The van der Waals surface area contributed by atoms with Crippen molar-refractivity contribution < 1.29 is 24.2 Å². The summed E-state index contributed by atoms with van der Waals surface area (Å²) >= 11 is 0. The highest BCUT2D eigenvalue weighted by Crippen LogP contribution is 2.13. The lowest BCUT2D eigenvalue weighted by Gasteiger charge is -2.25. The molecule has 1 aromatic rings. The first-order valence-corrected chi connectivity index (χ1v) is 7.16. The number of amides is 1. The molecule has 0 aliphatic heterocycles. The average molecular weight is 309 g/mol. The fraction of sp³-hybridized carbons (Fsp3) is 0.500. The van der Waals surface area contributed by atoms with Gasteiger partial charge in [0.25, 0.3) is 0 Å². The Morgan fingerprint density at radius 1 is 1.27 bits per heavy atom. The van der Waals surface area contributed by atoms with E-state index in [2.05, 4.69) is 5.32 Å². The summed E-state index contributed by atoms with van der Waals surface area (Å²) in [5.41, 5.74) is -0.424. The number of carbonyl (C=O) groups is 2. The van der Waals surface area contributed by atoms with Crippen LogP contribution in [0.25, 0.3) is 0 Å². The Labute approximate surface area is 130 Å². The number of rotatable bonds is 9. The van der Waals surface area contributed by atoms with Gasteiger partial charge < -0.3 is 19.9 Å². The van der Waals surface area contributed by atoms with Gasteiger partial charge in [0.2, 0.25) is 5.91 Å². The Hall–Kier alpha value is -2.08. The third kappa shape index (κ3) is 5.37. The van der Waals surface area contributed by atoms with E-state index >= 15 is 0 Å². The molecule has 1 unspecified atom stereocenters. The van der Waals surface area contributed by atoms with Crippen molar-refractivity contribution in [1.29, 1.82) is 0 Å². The minimum absolute atomic E-state index is 0.0862. The predicted octanol–water partition coefficient (Wildman–Crippen LogP) is 1.62. The normalized spacial score (nSPS) is 13.2. The third-order valence-corrected chi connectivity index (χ3v) is 3.20. The summed E-state index contributed by atoms with van der Waals surface area (Å²) in [6.07, 6.45) is 0.738. The molecular formula is C16H23NO5. The second-order valence-electron chi connectivity index (χ2n) is 5.20. The summed E-state index contributed by atoms with van der Waals surface area (Å²) in [6.45, 7) is 3.86. The largest absolute Gasteiger partial charge is 0.494 e. The Morgan fingerprint density at radius 3 is 2.41 bits per heavy atom. The topological polar surface area (TPSA) is 84.9 Å². The Kier molecular flexibility index (Phi) is 6.85. The molecule has 0 saturated heterocycles. The number of benzene rings is 1. The molecule has 0 heterocycles. The highest BCUT2D eigenvalue weighted by Gasteiger charge is 2.34.